The molecule has 2 aliphatic rings. The zero-order valence-electron chi connectivity index (χ0n) is 6.90. The van der Waals surface area contributed by atoms with Gasteiger partial charge in [-0.25, -0.2) is 9.79 Å². The molecule has 0 atom stereocenters. The van der Waals surface area contributed by atoms with Gasteiger partial charge in [0.1, 0.15) is 0 Å². The van der Waals surface area contributed by atoms with Crippen LogP contribution >= 0.6 is 0 Å². The molecule has 13 heavy (non-hydrogen) atoms. The maximum absolute atomic E-state index is 10.6. The van der Waals surface area contributed by atoms with E-state index in [0.717, 1.165) is 12.0 Å². The Hall–Kier alpha value is -1.71. The van der Waals surface area contributed by atoms with Crippen LogP contribution in [0.15, 0.2) is 33.3 Å². The van der Waals surface area contributed by atoms with Crippen molar-refractivity contribution in [2.75, 3.05) is 6.54 Å². The lowest BCUT2D eigenvalue weighted by Gasteiger charge is -2.12. The topological polar surface area (TPSA) is 62.0 Å². The molecular weight excluding hydrogens is 168 g/mol. The number of carbonyl (C=O) groups is 1. The molecule has 1 N–H and O–H groups in total. The van der Waals surface area contributed by atoms with Gasteiger partial charge < -0.3 is 5.11 Å². The molecule has 0 bridgehead atoms. The number of allylic oxidation sites excluding steroid dienone is 1. The van der Waals surface area contributed by atoms with Crippen molar-refractivity contribution >= 4 is 18.0 Å². The number of nitrogens with zero attached hydrogens (tertiary/aromatic N) is 2. The van der Waals surface area contributed by atoms with Crippen molar-refractivity contribution in [2.45, 2.75) is 6.42 Å². The predicted octanol–water partition coefficient (Wildman–Crippen LogP) is 0.810. The van der Waals surface area contributed by atoms with Gasteiger partial charge in [0, 0.05) is 18.2 Å². The molecule has 2 heterocycles. The number of amidine groups is 1. The van der Waals surface area contributed by atoms with E-state index in [0.29, 0.717) is 11.4 Å². The van der Waals surface area contributed by atoms with E-state index in [-0.39, 0.29) is 6.54 Å². The Kier molecular flexibility index (Phi) is 1.81. The molecule has 0 aliphatic carbocycles. The largest absolute Gasteiger partial charge is 0.478 e. The van der Waals surface area contributed by atoms with Crippen LogP contribution in [-0.4, -0.2) is 29.7 Å². The predicted molar refractivity (Wildman–Crippen MR) is 49.2 cm³/mol. The van der Waals surface area contributed by atoms with Crippen molar-refractivity contribution in [1.29, 1.82) is 0 Å². The van der Waals surface area contributed by atoms with Gasteiger partial charge in [-0.15, -0.1) is 0 Å². The highest BCUT2D eigenvalue weighted by atomic mass is 16.4. The van der Waals surface area contributed by atoms with E-state index in [1.807, 2.05) is 6.08 Å². The lowest BCUT2D eigenvalue weighted by molar-refractivity contribution is -0.132. The third kappa shape index (κ3) is 1.42. The van der Waals surface area contributed by atoms with Crippen LogP contribution < -0.4 is 0 Å². The number of aliphatic carboxylic acids is 1. The lowest BCUT2D eigenvalue weighted by atomic mass is 10.1. The number of fused-ring (bicyclic) bond motifs is 1. The Balaban J connectivity index is 2.32. The van der Waals surface area contributed by atoms with Gasteiger partial charge in [-0.05, 0) is 6.08 Å². The van der Waals surface area contributed by atoms with Gasteiger partial charge in [0.2, 0.25) is 0 Å². The molecule has 0 aromatic carbocycles. The van der Waals surface area contributed by atoms with Gasteiger partial charge in [-0.2, -0.15) is 0 Å². The van der Waals surface area contributed by atoms with Crippen molar-refractivity contribution in [2.24, 2.45) is 9.98 Å². The van der Waals surface area contributed by atoms with E-state index in [9.17, 15) is 4.79 Å². The molecule has 0 fully saturated rings. The highest BCUT2D eigenvalue weighted by molar-refractivity contribution is 6.09. The number of dihydropyridines is 2. The highest BCUT2D eigenvalue weighted by Crippen LogP contribution is 2.16. The molecule has 66 valence electrons. The van der Waals surface area contributed by atoms with Crippen molar-refractivity contribution in [1.82, 2.24) is 0 Å². The molecule has 0 amide bonds. The zero-order valence-corrected chi connectivity index (χ0v) is 6.90. The summed E-state index contributed by atoms with van der Waals surface area (Å²) in [5.41, 5.74) is 1.15. The average Bonchev–Trinajstić information content (AvgIpc) is 2.17. The standard InChI is InChI=1S/C9H8N2O2/c12-9(13)7-4-6-2-1-3-10-8(6)11-5-7/h2-4H,1,5H2,(H,12,13). The van der Waals surface area contributed by atoms with Crippen LogP contribution in [0.5, 0.6) is 0 Å². The fourth-order valence-electron chi connectivity index (χ4n) is 1.26. The van der Waals surface area contributed by atoms with Crippen LogP contribution in [0.25, 0.3) is 0 Å². The minimum absolute atomic E-state index is 0.222. The molecule has 2 rings (SSSR count). The second-order valence-electron chi connectivity index (χ2n) is 2.82. The Morgan fingerprint density at radius 1 is 1.54 bits per heavy atom. The lowest BCUT2D eigenvalue weighted by Crippen LogP contribution is -2.14. The summed E-state index contributed by atoms with van der Waals surface area (Å²) in [5.74, 6) is -0.255. The first-order chi connectivity index (χ1) is 6.27. The Bertz CT molecular complexity index is 375. The SMILES string of the molecule is O=C(O)C1=CC2=CCC=NC2=NC1. The van der Waals surface area contributed by atoms with E-state index >= 15 is 0 Å². The molecule has 4 heteroatoms. The molecule has 0 saturated heterocycles. The minimum atomic E-state index is -0.904. The molecule has 2 aliphatic heterocycles. The van der Waals surface area contributed by atoms with Gasteiger partial charge in [-0.3, -0.25) is 4.99 Å². The molecular formula is C9H8N2O2. The third-order valence-electron chi connectivity index (χ3n) is 1.92. The van der Waals surface area contributed by atoms with Crippen LogP contribution in [0.2, 0.25) is 0 Å². The fraction of sp³-hybridized carbons (Fsp3) is 0.222. The average molecular weight is 176 g/mol. The monoisotopic (exact) mass is 176 g/mol. The van der Waals surface area contributed by atoms with Gasteiger partial charge >= 0.3 is 5.97 Å². The number of carboxylic acid groups (broad SMARTS) is 1. The maximum atomic E-state index is 10.6. The molecule has 0 saturated carbocycles. The van der Waals surface area contributed by atoms with Gasteiger partial charge in [0.25, 0.3) is 0 Å². The van der Waals surface area contributed by atoms with Crippen LogP contribution in [0.3, 0.4) is 0 Å². The van der Waals surface area contributed by atoms with Crippen molar-refractivity contribution in [3.8, 4) is 0 Å². The quantitative estimate of drug-likeness (QED) is 0.642. The minimum Gasteiger partial charge on any atom is -0.478 e. The van der Waals surface area contributed by atoms with Gasteiger partial charge in [0.05, 0.1) is 12.1 Å². The van der Waals surface area contributed by atoms with Crippen molar-refractivity contribution < 1.29 is 9.90 Å². The summed E-state index contributed by atoms with van der Waals surface area (Å²) in [5, 5.41) is 8.73. The van der Waals surface area contributed by atoms with Crippen molar-refractivity contribution in [3.63, 3.8) is 0 Å². The summed E-state index contributed by atoms with van der Waals surface area (Å²) in [4.78, 5) is 18.7. The second kappa shape index (κ2) is 2.97. The van der Waals surface area contributed by atoms with E-state index in [4.69, 9.17) is 5.11 Å². The summed E-state index contributed by atoms with van der Waals surface area (Å²) in [6.07, 6.45) is 6.08. The summed E-state index contributed by atoms with van der Waals surface area (Å²) in [7, 11) is 0. The number of hydrogen-bond acceptors (Lipinski definition) is 3. The first-order valence-electron chi connectivity index (χ1n) is 3.99. The molecule has 0 unspecified atom stereocenters. The number of aliphatic imine (C=N–C) groups is 2. The first-order valence-corrected chi connectivity index (χ1v) is 3.99. The summed E-state index contributed by atoms with van der Waals surface area (Å²) < 4.78 is 0. The molecule has 4 nitrogen and oxygen atoms in total. The fourth-order valence-corrected chi connectivity index (χ4v) is 1.26. The molecule has 0 spiro atoms. The van der Waals surface area contributed by atoms with E-state index in [1.165, 1.54) is 0 Å². The molecule has 0 aromatic heterocycles. The van der Waals surface area contributed by atoms with Crippen LogP contribution in [0, 0.1) is 0 Å². The Morgan fingerprint density at radius 3 is 3.15 bits per heavy atom. The highest BCUT2D eigenvalue weighted by Gasteiger charge is 2.16. The van der Waals surface area contributed by atoms with E-state index < -0.39 is 5.97 Å². The second-order valence-corrected chi connectivity index (χ2v) is 2.82. The summed E-state index contributed by atoms with van der Waals surface area (Å²) in [6, 6.07) is 0. The van der Waals surface area contributed by atoms with Gasteiger partial charge in [0.15, 0.2) is 5.84 Å². The van der Waals surface area contributed by atoms with Crippen LogP contribution in [0.4, 0.5) is 0 Å². The number of hydrogen-bond donors (Lipinski definition) is 1. The van der Waals surface area contributed by atoms with Crippen molar-refractivity contribution in [3.05, 3.63) is 23.3 Å². The summed E-state index contributed by atoms with van der Waals surface area (Å²) in [6.45, 7) is 0.222. The van der Waals surface area contributed by atoms with Crippen LogP contribution in [0.1, 0.15) is 6.42 Å². The van der Waals surface area contributed by atoms with Crippen LogP contribution in [-0.2, 0) is 4.79 Å². The molecule has 0 radical (unpaired) electrons. The smallest absolute Gasteiger partial charge is 0.333 e. The van der Waals surface area contributed by atoms with E-state index in [1.54, 1.807) is 12.3 Å². The third-order valence-corrected chi connectivity index (χ3v) is 1.92. The summed E-state index contributed by atoms with van der Waals surface area (Å²) >= 11 is 0. The maximum Gasteiger partial charge on any atom is 0.333 e. The zero-order chi connectivity index (χ0) is 9.26. The van der Waals surface area contributed by atoms with E-state index in [2.05, 4.69) is 9.98 Å². The Morgan fingerprint density at radius 2 is 2.38 bits per heavy atom. The normalized spacial score (nSPS) is 19.8. The number of carboxylic acids is 1. The number of rotatable bonds is 1. The molecule has 0 aromatic rings. The van der Waals surface area contributed by atoms with Gasteiger partial charge in [-0.1, -0.05) is 6.08 Å². The Labute approximate surface area is 75.0 Å². The first kappa shape index (κ1) is 7.91.